The van der Waals surface area contributed by atoms with E-state index in [2.05, 4.69) is 28.4 Å². The number of nitrogens with zero attached hydrogens (tertiary/aromatic N) is 2. The number of rotatable bonds is 1. The van der Waals surface area contributed by atoms with Crippen LogP contribution < -0.4 is 10.5 Å². The molecular formula is C13H12N4O. The van der Waals surface area contributed by atoms with Crippen molar-refractivity contribution < 1.29 is 4.74 Å². The SMILES string of the molecule is Cc1[nH]nc2c1C(C1C=CC=C1)C(C#N)=C(N)O2. The second-order valence-electron chi connectivity index (χ2n) is 4.38. The monoisotopic (exact) mass is 240 g/mol. The number of allylic oxidation sites excluding steroid dienone is 5. The highest BCUT2D eigenvalue weighted by molar-refractivity contribution is 5.51. The van der Waals surface area contributed by atoms with Gasteiger partial charge in [0.15, 0.2) is 0 Å². The van der Waals surface area contributed by atoms with Gasteiger partial charge in [-0.15, -0.1) is 5.10 Å². The molecule has 0 amide bonds. The van der Waals surface area contributed by atoms with Gasteiger partial charge >= 0.3 is 0 Å². The Balaban J connectivity index is 2.18. The Morgan fingerprint density at radius 2 is 2.17 bits per heavy atom. The molecular weight excluding hydrogens is 228 g/mol. The quantitative estimate of drug-likeness (QED) is 0.780. The van der Waals surface area contributed by atoms with Crippen LogP contribution in [0.5, 0.6) is 5.88 Å². The predicted octanol–water partition coefficient (Wildman–Crippen LogP) is 1.63. The van der Waals surface area contributed by atoms with E-state index in [-0.39, 0.29) is 17.7 Å². The lowest BCUT2D eigenvalue weighted by atomic mass is 9.80. The van der Waals surface area contributed by atoms with Crippen molar-refractivity contribution in [2.75, 3.05) is 0 Å². The molecule has 0 saturated heterocycles. The summed E-state index contributed by atoms with van der Waals surface area (Å²) in [6.45, 7) is 1.92. The highest BCUT2D eigenvalue weighted by atomic mass is 16.5. The topological polar surface area (TPSA) is 87.7 Å². The maximum absolute atomic E-state index is 9.30. The van der Waals surface area contributed by atoms with Crippen LogP contribution in [0.15, 0.2) is 35.8 Å². The molecule has 2 heterocycles. The first-order chi connectivity index (χ1) is 8.72. The summed E-state index contributed by atoms with van der Waals surface area (Å²) in [6.07, 6.45) is 8.05. The summed E-state index contributed by atoms with van der Waals surface area (Å²) in [5, 5.41) is 16.3. The van der Waals surface area contributed by atoms with E-state index in [1.165, 1.54) is 0 Å². The first kappa shape index (κ1) is 10.7. The van der Waals surface area contributed by atoms with E-state index < -0.39 is 0 Å². The Bertz CT molecular complexity index is 618. The lowest BCUT2D eigenvalue weighted by Crippen LogP contribution is -2.23. The molecule has 5 nitrogen and oxygen atoms in total. The molecule has 0 saturated carbocycles. The molecule has 1 atom stereocenters. The minimum atomic E-state index is -0.118. The van der Waals surface area contributed by atoms with Crippen molar-refractivity contribution in [1.29, 1.82) is 5.26 Å². The molecule has 1 aromatic rings. The Morgan fingerprint density at radius 3 is 2.83 bits per heavy atom. The summed E-state index contributed by atoms with van der Waals surface area (Å²) in [5.41, 5.74) is 8.10. The van der Waals surface area contributed by atoms with Gasteiger partial charge in [-0.2, -0.15) is 5.26 Å². The number of hydrogen-bond donors (Lipinski definition) is 2. The van der Waals surface area contributed by atoms with Gasteiger partial charge in [-0.25, -0.2) is 0 Å². The van der Waals surface area contributed by atoms with E-state index in [0.29, 0.717) is 11.5 Å². The number of H-pyrrole nitrogens is 1. The summed E-state index contributed by atoms with van der Waals surface area (Å²) < 4.78 is 5.39. The molecule has 3 rings (SSSR count). The number of fused-ring (bicyclic) bond motifs is 1. The number of ether oxygens (including phenoxy) is 1. The number of aryl methyl sites for hydroxylation is 1. The van der Waals surface area contributed by atoms with Crippen LogP contribution in [-0.2, 0) is 0 Å². The van der Waals surface area contributed by atoms with Crippen LogP contribution in [0, 0.1) is 24.2 Å². The predicted molar refractivity (Wildman–Crippen MR) is 65.3 cm³/mol. The van der Waals surface area contributed by atoms with Gasteiger partial charge in [-0.1, -0.05) is 24.3 Å². The van der Waals surface area contributed by atoms with Crippen LogP contribution in [-0.4, -0.2) is 10.2 Å². The lowest BCUT2D eigenvalue weighted by molar-refractivity contribution is 0.368. The fourth-order valence-electron chi connectivity index (χ4n) is 2.50. The highest BCUT2D eigenvalue weighted by Crippen LogP contribution is 2.44. The first-order valence-corrected chi connectivity index (χ1v) is 5.70. The Labute approximate surface area is 104 Å². The van der Waals surface area contributed by atoms with Crippen molar-refractivity contribution in [2.24, 2.45) is 11.7 Å². The van der Waals surface area contributed by atoms with Gasteiger partial charge in [-0.05, 0) is 6.92 Å². The second kappa shape index (κ2) is 3.77. The molecule has 0 spiro atoms. The molecule has 0 radical (unpaired) electrons. The third-order valence-corrected chi connectivity index (χ3v) is 3.34. The zero-order chi connectivity index (χ0) is 12.7. The van der Waals surface area contributed by atoms with E-state index in [9.17, 15) is 5.26 Å². The Kier molecular flexibility index (Phi) is 2.23. The molecule has 18 heavy (non-hydrogen) atoms. The molecule has 0 fully saturated rings. The van der Waals surface area contributed by atoms with E-state index >= 15 is 0 Å². The van der Waals surface area contributed by atoms with Gasteiger partial charge in [0.05, 0.1) is 5.57 Å². The number of aromatic nitrogens is 2. The van der Waals surface area contributed by atoms with E-state index in [0.717, 1.165) is 11.3 Å². The highest BCUT2D eigenvalue weighted by Gasteiger charge is 2.36. The maximum Gasteiger partial charge on any atom is 0.243 e. The molecule has 1 aliphatic carbocycles. The van der Waals surface area contributed by atoms with Gasteiger partial charge in [-0.3, -0.25) is 5.10 Å². The minimum Gasteiger partial charge on any atom is -0.420 e. The molecule has 0 bridgehead atoms. The number of aromatic amines is 1. The van der Waals surface area contributed by atoms with E-state index in [1.807, 2.05) is 19.1 Å². The van der Waals surface area contributed by atoms with Crippen molar-refractivity contribution in [3.05, 3.63) is 47.0 Å². The summed E-state index contributed by atoms with van der Waals surface area (Å²) in [4.78, 5) is 0. The smallest absolute Gasteiger partial charge is 0.243 e. The number of hydrogen-bond acceptors (Lipinski definition) is 4. The fraction of sp³-hybridized carbons (Fsp3) is 0.231. The van der Waals surface area contributed by atoms with Crippen LogP contribution in [0.2, 0.25) is 0 Å². The number of nitriles is 1. The molecule has 1 aromatic heterocycles. The molecule has 3 N–H and O–H groups in total. The standard InChI is InChI=1S/C13H12N4O/c1-7-10-11(8-4-2-3-5-8)9(6-14)12(15)18-13(10)17-16-7/h2-5,8,11H,15H2,1H3,(H,16,17). The van der Waals surface area contributed by atoms with Crippen LogP contribution in [0.1, 0.15) is 17.2 Å². The van der Waals surface area contributed by atoms with Crippen molar-refractivity contribution >= 4 is 0 Å². The lowest BCUT2D eigenvalue weighted by Gasteiger charge is -2.26. The zero-order valence-electron chi connectivity index (χ0n) is 9.84. The summed E-state index contributed by atoms with van der Waals surface area (Å²) in [5.74, 6) is 0.627. The summed E-state index contributed by atoms with van der Waals surface area (Å²) in [6, 6.07) is 2.16. The van der Waals surface area contributed by atoms with E-state index in [4.69, 9.17) is 10.5 Å². The third kappa shape index (κ3) is 1.36. The minimum absolute atomic E-state index is 0.118. The average molecular weight is 240 g/mol. The normalized spacial score (nSPS) is 21.9. The Hall–Kier alpha value is -2.48. The van der Waals surface area contributed by atoms with E-state index in [1.54, 1.807) is 0 Å². The summed E-state index contributed by atoms with van der Waals surface area (Å²) in [7, 11) is 0. The van der Waals surface area contributed by atoms with Crippen molar-refractivity contribution in [1.82, 2.24) is 10.2 Å². The Morgan fingerprint density at radius 1 is 1.44 bits per heavy atom. The van der Waals surface area contributed by atoms with Crippen LogP contribution >= 0.6 is 0 Å². The molecule has 1 unspecified atom stereocenters. The molecule has 5 heteroatoms. The van der Waals surface area contributed by atoms with Crippen molar-refractivity contribution in [3.8, 4) is 11.9 Å². The zero-order valence-corrected chi connectivity index (χ0v) is 9.84. The maximum atomic E-state index is 9.30. The summed E-state index contributed by atoms with van der Waals surface area (Å²) >= 11 is 0. The molecule has 1 aliphatic heterocycles. The third-order valence-electron chi connectivity index (χ3n) is 3.34. The van der Waals surface area contributed by atoms with Crippen LogP contribution in [0.25, 0.3) is 0 Å². The van der Waals surface area contributed by atoms with Gasteiger partial charge < -0.3 is 10.5 Å². The van der Waals surface area contributed by atoms with Crippen molar-refractivity contribution in [3.63, 3.8) is 0 Å². The number of nitrogens with one attached hydrogen (secondary N) is 1. The second-order valence-corrected chi connectivity index (χ2v) is 4.38. The first-order valence-electron chi connectivity index (χ1n) is 5.70. The van der Waals surface area contributed by atoms with Gasteiger partial charge in [0.25, 0.3) is 0 Å². The van der Waals surface area contributed by atoms with Gasteiger partial charge in [0.2, 0.25) is 11.8 Å². The van der Waals surface area contributed by atoms with Crippen molar-refractivity contribution in [2.45, 2.75) is 12.8 Å². The largest absolute Gasteiger partial charge is 0.420 e. The number of nitrogens with two attached hydrogens (primary N) is 1. The molecule has 2 aliphatic rings. The van der Waals surface area contributed by atoms with Gasteiger partial charge in [0, 0.05) is 23.1 Å². The average Bonchev–Trinajstić information content (AvgIpc) is 2.98. The van der Waals surface area contributed by atoms with Crippen LogP contribution in [0.3, 0.4) is 0 Å². The molecule has 90 valence electrons. The van der Waals surface area contributed by atoms with Gasteiger partial charge in [0.1, 0.15) is 6.07 Å². The fourth-order valence-corrected chi connectivity index (χ4v) is 2.50. The van der Waals surface area contributed by atoms with Crippen LogP contribution in [0.4, 0.5) is 0 Å². The molecule has 0 aromatic carbocycles.